The van der Waals surface area contributed by atoms with Crippen LogP contribution in [0.4, 0.5) is 5.69 Å². The van der Waals surface area contributed by atoms with Crippen LogP contribution in [0.3, 0.4) is 0 Å². The zero-order valence-electron chi connectivity index (χ0n) is 12.5. The van der Waals surface area contributed by atoms with Gasteiger partial charge in [0, 0.05) is 4.47 Å². The van der Waals surface area contributed by atoms with Gasteiger partial charge in [0.1, 0.15) is 13.2 Å². The zero-order chi connectivity index (χ0) is 15.9. The molecule has 0 saturated heterocycles. The summed E-state index contributed by atoms with van der Waals surface area (Å²) in [7, 11) is 0. The number of rotatable bonds is 3. The van der Waals surface area contributed by atoms with Crippen LogP contribution in [0.5, 0.6) is 11.5 Å². The van der Waals surface area contributed by atoms with E-state index in [2.05, 4.69) is 21.2 Å². The lowest BCUT2D eigenvalue weighted by atomic mass is 9.94. The molecule has 118 valence electrons. The molecule has 0 unspecified atom stereocenters. The Balaban J connectivity index is 1.61. The van der Waals surface area contributed by atoms with Crippen molar-refractivity contribution in [2.75, 3.05) is 18.5 Å². The van der Waals surface area contributed by atoms with E-state index in [1.807, 2.05) is 42.5 Å². The lowest BCUT2D eigenvalue weighted by molar-refractivity contribution is -0.118. The molecule has 4 nitrogen and oxygen atoms in total. The van der Waals surface area contributed by atoms with Gasteiger partial charge >= 0.3 is 0 Å². The standard InChI is InChI=1S/C18H16BrNO3/c19-13-3-1-2-4-14(13)20-17(21)18(7-8-18)12-5-6-15-16(11-12)23-10-9-22-15/h1-6,11H,7-10H2,(H,20,21). The van der Waals surface area contributed by atoms with Crippen LogP contribution in [0.15, 0.2) is 46.9 Å². The van der Waals surface area contributed by atoms with Gasteiger partial charge in [-0.2, -0.15) is 0 Å². The van der Waals surface area contributed by atoms with E-state index in [-0.39, 0.29) is 5.91 Å². The molecular formula is C18H16BrNO3. The van der Waals surface area contributed by atoms with E-state index in [0.29, 0.717) is 13.2 Å². The maximum Gasteiger partial charge on any atom is 0.235 e. The minimum atomic E-state index is -0.453. The van der Waals surface area contributed by atoms with Gasteiger partial charge in [-0.05, 0) is 58.6 Å². The molecule has 2 aliphatic rings. The van der Waals surface area contributed by atoms with Crippen molar-refractivity contribution in [2.45, 2.75) is 18.3 Å². The topological polar surface area (TPSA) is 47.6 Å². The van der Waals surface area contributed by atoms with E-state index in [9.17, 15) is 4.79 Å². The Morgan fingerprint density at radius 2 is 1.78 bits per heavy atom. The molecule has 2 aromatic carbocycles. The van der Waals surface area contributed by atoms with Gasteiger partial charge in [-0.3, -0.25) is 4.79 Å². The van der Waals surface area contributed by atoms with Gasteiger partial charge in [0.2, 0.25) is 5.91 Å². The van der Waals surface area contributed by atoms with Crippen molar-refractivity contribution in [3.8, 4) is 11.5 Å². The number of nitrogens with one attached hydrogen (secondary N) is 1. The van der Waals surface area contributed by atoms with E-state index < -0.39 is 5.41 Å². The summed E-state index contributed by atoms with van der Waals surface area (Å²) in [6.45, 7) is 1.12. The molecular weight excluding hydrogens is 358 g/mol. The van der Waals surface area contributed by atoms with Crippen molar-refractivity contribution in [1.29, 1.82) is 0 Å². The van der Waals surface area contributed by atoms with Crippen LogP contribution >= 0.6 is 15.9 Å². The van der Waals surface area contributed by atoms with Crippen LogP contribution in [0.1, 0.15) is 18.4 Å². The molecule has 1 heterocycles. The molecule has 1 amide bonds. The first kappa shape index (κ1) is 14.6. The van der Waals surface area contributed by atoms with Gasteiger partial charge in [0.25, 0.3) is 0 Å². The van der Waals surface area contributed by atoms with Crippen molar-refractivity contribution in [2.24, 2.45) is 0 Å². The van der Waals surface area contributed by atoms with E-state index in [0.717, 1.165) is 40.1 Å². The number of amides is 1. The van der Waals surface area contributed by atoms with E-state index in [1.165, 1.54) is 0 Å². The van der Waals surface area contributed by atoms with Gasteiger partial charge in [-0.25, -0.2) is 0 Å². The Morgan fingerprint density at radius 3 is 2.52 bits per heavy atom. The predicted molar refractivity (Wildman–Crippen MR) is 91.1 cm³/mol. The molecule has 0 aromatic heterocycles. The average molecular weight is 374 g/mol. The normalized spacial score (nSPS) is 17.4. The maximum absolute atomic E-state index is 12.8. The number of benzene rings is 2. The molecule has 5 heteroatoms. The molecule has 4 rings (SSSR count). The van der Waals surface area contributed by atoms with Crippen LogP contribution in [0.2, 0.25) is 0 Å². The lowest BCUT2D eigenvalue weighted by Crippen LogP contribution is -2.28. The molecule has 1 fully saturated rings. The molecule has 23 heavy (non-hydrogen) atoms. The molecule has 2 aromatic rings. The first-order valence-corrected chi connectivity index (χ1v) is 8.44. The smallest absolute Gasteiger partial charge is 0.235 e. The quantitative estimate of drug-likeness (QED) is 0.887. The highest BCUT2D eigenvalue weighted by molar-refractivity contribution is 9.10. The molecule has 0 bridgehead atoms. The number of carbonyl (C=O) groups is 1. The fourth-order valence-electron chi connectivity index (χ4n) is 2.92. The van der Waals surface area contributed by atoms with Crippen LogP contribution < -0.4 is 14.8 Å². The fourth-order valence-corrected chi connectivity index (χ4v) is 3.30. The third-order valence-corrected chi connectivity index (χ3v) is 5.09. The summed E-state index contributed by atoms with van der Waals surface area (Å²) >= 11 is 3.47. The summed E-state index contributed by atoms with van der Waals surface area (Å²) in [5.41, 5.74) is 1.33. The van der Waals surface area contributed by atoms with Crippen molar-refractivity contribution < 1.29 is 14.3 Å². The fraction of sp³-hybridized carbons (Fsp3) is 0.278. The summed E-state index contributed by atoms with van der Waals surface area (Å²) in [4.78, 5) is 12.8. The first-order valence-electron chi connectivity index (χ1n) is 7.65. The Labute approximate surface area is 142 Å². The monoisotopic (exact) mass is 373 g/mol. The number of fused-ring (bicyclic) bond motifs is 1. The van der Waals surface area contributed by atoms with Crippen LogP contribution in [-0.2, 0) is 10.2 Å². The van der Waals surface area contributed by atoms with Crippen molar-refractivity contribution in [1.82, 2.24) is 0 Å². The third kappa shape index (κ3) is 2.59. The van der Waals surface area contributed by atoms with Crippen molar-refractivity contribution in [3.05, 3.63) is 52.5 Å². The highest BCUT2D eigenvalue weighted by Crippen LogP contribution is 2.51. The largest absolute Gasteiger partial charge is 0.486 e. The lowest BCUT2D eigenvalue weighted by Gasteiger charge is -2.22. The average Bonchev–Trinajstić information content (AvgIpc) is 3.38. The molecule has 1 N–H and O–H groups in total. The minimum absolute atomic E-state index is 0.0288. The minimum Gasteiger partial charge on any atom is -0.486 e. The second kappa shape index (κ2) is 5.57. The number of anilines is 1. The number of para-hydroxylation sites is 1. The Morgan fingerprint density at radius 1 is 1.04 bits per heavy atom. The van der Waals surface area contributed by atoms with Gasteiger partial charge < -0.3 is 14.8 Å². The van der Waals surface area contributed by atoms with Gasteiger partial charge in [-0.15, -0.1) is 0 Å². The third-order valence-electron chi connectivity index (χ3n) is 4.40. The predicted octanol–water partition coefficient (Wildman–Crippen LogP) is 3.89. The molecule has 0 spiro atoms. The Bertz CT molecular complexity index is 771. The van der Waals surface area contributed by atoms with Crippen LogP contribution in [0.25, 0.3) is 0 Å². The highest BCUT2D eigenvalue weighted by atomic mass is 79.9. The molecule has 1 saturated carbocycles. The van der Waals surface area contributed by atoms with Gasteiger partial charge in [0.15, 0.2) is 11.5 Å². The van der Waals surface area contributed by atoms with Crippen LogP contribution in [-0.4, -0.2) is 19.1 Å². The second-order valence-corrected chi connectivity index (χ2v) is 6.73. The summed E-state index contributed by atoms with van der Waals surface area (Å²) in [6.07, 6.45) is 1.70. The SMILES string of the molecule is O=C(Nc1ccccc1Br)C1(c2ccc3c(c2)OCCO3)CC1. The number of carbonyl (C=O) groups excluding carboxylic acids is 1. The van der Waals surface area contributed by atoms with Crippen LogP contribution in [0, 0.1) is 0 Å². The first-order chi connectivity index (χ1) is 11.2. The second-order valence-electron chi connectivity index (χ2n) is 5.87. The summed E-state index contributed by atoms with van der Waals surface area (Å²) < 4.78 is 12.1. The number of hydrogen-bond donors (Lipinski definition) is 1. The summed E-state index contributed by atoms with van der Waals surface area (Å²) in [6, 6.07) is 13.5. The maximum atomic E-state index is 12.8. The Kier molecular flexibility index (Phi) is 3.53. The number of halogens is 1. The summed E-state index contributed by atoms with van der Waals surface area (Å²) in [5, 5.41) is 3.03. The number of hydrogen-bond acceptors (Lipinski definition) is 3. The zero-order valence-corrected chi connectivity index (χ0v) is 14.1. The van der Waals surface area contributed by atoms with E-state index in [1.54, 1.807) is 0 Å². The highest BCUT2D eigenvalue weighted by Gasteiger charge is 2.51. The Hall–Kier alpha value is -2.01. The number of ether oxygens (including phenoxy) is 2. The molecule has 0 radical (unpaired) electrons. The molecule has 1 aliphatic heterocycles. The molecule has 0 atom stereocenters. The van der Waals surface area contributed by atoms with Crippen molar-refractivity contribution >= 4 is 27.5 Å². The van der Waals surface area contributed by atoms with Gasteiger partial charge in [0.05, 0.1) is 11.1 Å². The van der Waals surface area contributed by atoms with Gasteiger partial charge in [-0.1, -0.05) is 18.2 Å². The van der Waals surface area contributed by atoms with E-state index >= 15 is 0 Å². The molecule has 1 aliphatic carbocycles. The van der Waals surface area contributed by atoms with E-state index in [4.69, 9.17) is 9.47 Å². The van der Waals surface area contributed by atoms with Crippen molar-refractivity contribution in [3.63, 3.8) is 0 Å². The summed E-state index contributed by atoms with van der Waals surface area (Å²) in [5.74, 6) is 1.51.